The molecule has 3 aromatic rings. The minimum atomic E-state index is -0.454. The van der Waals surface area contributed by atoms with Crippen molar-refractivity contribution in [3.63, 3.8) is 0 Å². The molecule has 2 heterocycles. The molecule has 2 N–H and O–H groups in total. The number of anilines is 1. The number of nitro benzene ring substituents is 1. The topological polar surface area (TPSA) is 76.7 Å². The van der Waals surface area contributed by atoms with E-state index in [-0.39, 0.29) is 18.1 Å². The van der Waals surface area contributed by atoms with Crippen molar-refractivity contribution >= 4 is 40.0 Å². The Morgan fingerprint density at radius 1 is 1.07 bits per heavy atom. The van der Waals surface area contributed by atoms with Crippen molar-refractivity contribution in [2.75, 3.05) is 11.9 Å². The highest BCUT2D eigenvalue weighted by Crippen LogP contribution is 2.30. The van der Waals surface area contributed by atoms with Crippen LogP contribution in [0.15, 0.2) is 47.2 Å². The van der Waals surface area contributed by atoms with Crippen molar-refractivity contribution < 1.29 is 14.6 Å². The number of aryl methyl sites for hydroxylation is 1. The van der Waals surface area contributed by atoms with Gasteiger partial charge in [0, 0.05) is 6.07 Å². The fourth-order valence-corrected chi connectivity index (χ4v) is 4.58. The van der Waals surface area contributed by atoms with Crippen molar-refractivity contribution in [1.29, 1.82) is 0 Å². The molecule has 2 aromatic heterocycles. The molecule has 0 saturated heterocycles. The zero-order valence-corrected chi connectivity index (χ0v) is 17.4. The molecule has 0 fully saturated rings. The predicted octanol–water partition coefficient (Wildman–Crippen LogP) is 3.56. The minimum absolute atomic E-state index is 0.0745. The lowest BCUT2D eigenvalue weighted by Gasteiger charge is -2.18. The van der Waals surface area contributed by atoms with Crippen molar-refractivity contribution in [3.05, 3.63) is 78.2 Å². The van der Waals surface area contributed by atoms with Gasteiger partial charge in [-0.05, 0) is 47.9 Å². The summed E-state index contributed by atoms with van der Waals surface area (Å²) in [6, 6.07) is 11.3. The van der Waals surface area contributed by atoms with Gasteiger partial charge in [0.1, 0.15) is 18.8 Å². The smallest absolute Gasteiger partial charge is 0.293 e. The monoisotopic (exact) mass is 416 g/mol. The summed E-state index contributed by atoms with van der Waals surface area (Å²) >= 11 is 3.33. The second-order valence-electron chi connectivity index (χ2n) is 6.65. The fraction of sp³-hybridized carbons (Fsp3) is 0.250. The van der Waals surface area contributed by atoms with E-state index in [4.69, 9.17) is 0 Å². The standard InChI is InChI=1S/C20H21N3O3S2/c1-14-7-8-18(23(25)26)20(15(14)2)21-19(24)13-22(11-16-5-3-9-27-16)12-17-6-4-10-28-17/h3-10H,11-13H2,1-2H3,(H,21,24)/p+1. The van der Waals surface area contributed by atoms with Gasteiger partial charge in [0.2, 0.25) is 0 Å². The number of rotatable bonds is 8. The molecule has 146 valence electrons. The van der Waals surface area contributed by atoms with Crippen LogP contribution in [0.5, 0.6) is 0 Å². The molecule has 0 atom stereocenters. The van der Waals surface area contributed by atoms with Crippen LogP contribution in [0.25, 0.3) is 0 Å². The van der Waals surface area contributed by atoms with Gasteiger partial charge in [-0.1, -0.05) is 18.2 Å². The molecule has 6 nitrogen and oxygen atoms in total. The van der Waals surface area contributed by atoms with Gasteiger partial charge in [-0.3, -0.25) is 14.9 Å². The van der Waals surface area contributed by atoms with E-state index < -0.39 is 4.92 Å². The lowest BCUT2D eigenvalue weighted by Crippen LogP contribution is -3.10. The van der Waals surface area contributed by atoms with Gasteiger partial charge in [0.25, 0.3) is 11.6 Å². The van der Waals surface area contributed by atoms with Crippen molar-refractivity contribution in [2.24, 2.45) is 0 Å². The van der Waals surface area contributed by atoms with Crippen molar-refractivity contribution in [2.45, 2.75) is 26.9 Å². The Labute approximate surface area is 171 Å². The van der Waals surface area contributed by atoms with Gasteiger partial charge in [-0.25, -0.2) is 0 Å². The van der Waals surface area contributed by atoms with Gasteiger partial charge in [-0.15, -0.1) is 22.7 Å². The first-order valence-corrected chi connectivity index (χ1v) is 10.6. The molecule has 0 aliphatic heterocycles. The maximum absolute atomic E-state index is 12.8. The summed E-state index contributed by atoms with van der Waals surface area (Å²) < 4.78 is 0. The van der Waals surface area contributed by atoms with Crippen LogP contribution in [0.4, 0.5) is 11.4 Å². The number of benzene rings is 1. The third kappa shape index (κ3) is 5.03. The SMILES string of the molecule is Cc1ccc([N+](=O)[O-])c(NC(=O)C[NH+](Cc2cccs2)Cc2cccs2)c1C. The fourth-order valence-electron chi connectivity index (χ4n) is 3.03. The van der Waals surface area contributed by atoms with E-state index in [9.17, 15) is 14.9 Å². The molecule has 0 bridgehead atoms. The highest BCUT2D eigenvalue weighted by atomic mass is 32.1. The normalized spacial score (nSPS) is 11.0. The molecule has 1 amide bonds. The number of carbonyl (C=O) groups is 1. The summed E-state index contributed by atoms with van der Waals surface area (Å²) in [4.78, 5) is 27.2. The Bertz CT molecular complexity index is 917. The largest absolute Gasteiger partial charge is 0.318 e. The lowest BCUT2D eigenvalue weighted by molar-refractivity contribution is -0.918. The molecule has 0 saturated carbocycles. The van der Waals surface area contributed by atoms with Crippen LogP contribution in [0.3, 0.4) is 0 Å². The highest BCUT2D eigenvalue weighted by molar-refractivity contribution is 7.10. The number of thiophene rings is 2. The second-order valence-corrected chi connectivity index (χ2v) is 8.71. The third-order valence-electron chi connectivity index (χ3n) is 4.59. The third-order valence-corrected chi connectivity index (χ3v) is 6.35. The van der Waals surface area contributed by atoms with Crippen LogP contribution in [-0.2, 0) is 17.9 Å². The lowest BCUT2D eigenvalue weighted by atomic mass is 10.1. The molecule has 28 heavy (non-hydrogen) atoms. The minimum Gasteiger partial charge on any atom is -0.318 e. The molecule has 3 rings (SSSR count). The number of nitrogens with one attached hydrogen (secondary N) is 2. The number of amides is 1. The number of hydrogen-bond acceptors (Lipinski definition) is 5. The van der Waals surface area contributed by atoms with E-state index in [1.165, 1.54) is 15.8 Å². The first-order valence-electron chi connectivity index (χ1n) is 8.87. The van der Waals surface area contributed by atoms with Crippen molar-refractivity contribution in [1.82, 2.24) is 0 Å². The number of quaternary nitrogens is 1. The first-order chi connectivity index (χ1) is 13.4. The summed E-state index contributed by atoms with van der Waals surface area (Å²) in [7, 11) is 0. The first kappa shape index (κ1) is 20.2. The zero-order valence-electron chi connectivity index (χ0n) is 15.7. The van der Waals surface area contributed by atoms with Crippen LogP contribution in [-0.4, -0.2) is 17.4 Å². The van der Waals surface area contributed by atoms with Gasteiger partial charge in [0.15, 0.2) is 6.54 Å². The Morgan fingerprint density at radius 2 is 1.68 bits per heavy atom. The van der Waals surface area contributed by atoms with Crippen LogP contribution in [0.2, 0.25) is 0 Å². The summed E-state index contributed by atoms with van der Waals surface area (Å²) in [5.41, 5.74) is 1.85. The molecule has 0 radical (unpaired) electrons. The molecule has 0 unspecified atom stereocenters. The Morgan fingerprint density at radius 3 is 2.18 bits per heavy atom. The second kappa shape index (κ2) is 9.09. The molecule has 0 aliphatic rings. The van der Waals surface area contributed by atoms with E-state index in [1.54, 1.807) is 35.7 Å². The van der Waals surface area contributed by atoms with Crippen LogP contribution in [0.1, 0.15) is 20.9 Å². The van der Waals surface area contributed by atoms with Gasteiger partial charge >= 0.3 is 0 Å². The summed E-state index contributed by atoms with van der Waals surface area (Å²) in [6.07, 6.45) is 0. The summed E-state index contributed by atoms with van der Waals surface area (Å²) in [5, 5.41) is 18.2. The molecular weight excluding hydrogens is 394 g/mol. The van der Waals surface area contributed by atoms with Crippen LogP contribution >= 0.6 is 22.7 Å². The maximum atomic E-state index is 12.8. The van der Waals surface area contributed by atoms with E-state index in [0.29, 0.717) is 5.69 Å². The number of nitrogens with zero attached hydrogens (tertiary/aromatic N) is 1. The zero-order chi connectivity index (χ0) is 20.1. The van der Waals surface area contributed by atoms with Gasteiger partial charge in [0.05, 0.1) is 14.7 Å². The average molecular weight is 417 g/mol. The predicted molar refractivity (Wildman–Crippen MR) is 113 cm³/mol. The van der Waals surface area contributed by atoms with Crippen LogP contribution in [0, 0.1) is 24.0 Å². The van der Waals surface area contributed by atoms with Gasteiger partial charge < -0.3 is 10.2 Å². The molecule has 0 spiro atoms. The van der Waals surface area contributed by atoms with E-state index in [0.717, 1.165) is 29.1 Å². The van der Waals surface area contributed by atoms with E-state index in [1.807, 2.05) is 29.8 Å². The Kier molecular flexibility index (Phi) is 6.56. The van der Waals surface area contributed by atoms with E-state index in [2.05, 4.69) is 17.4 Å². The molecular formula is C20H22N3O3S2+. The number of nitro groups is 1. The molecule has 1 aromatic carbocycles. The highest BCUT2D eigenvalue weighted by Gasteiger charge is 2.22. The maximum Gasteiger partial charge on any atom is 0.293 e. The molecule has 8 heteroatoms. The van der Waals surface area contributed by atoms with Gasteiger partial charge in [-0.2, -0.15) is 0 Å². The van der Waals surface area contributed by atoms with E-state index >= 15 is 0 Å². The summed E-state index contributed by atoms with van der Waals surface area (Å²) in [5.74, 6) is -0.222. The van der Waals surface area contributed by atoms with Crippen molar-refractivity contribution in [3.8, 4) is 0 Å². The summed E-state index contributed by atoms with van der Waals surface area (Å²) in [6.45, 7) is 5.37. The number of hydrogen-bond donors (Lipinski definition) is 2. The number of carbonyl (C=O) groups excluding carboxylic acids is 1. The Hall–Kier alpha value is -2.55. The quantitative estimate of drug-likeness (QED) is 0.435. The van der Waals surface area contributed by atoms with Crippen LogP contribution < -0.4 is 10.2 Å². The molecule has 0 aliphatic carbocycles. The Balaban J connectivity index is 1.76. The average Bonchev–Trinajstić information content (AvgIpc) is 3.33.